The van der Waals surface area contributed by atoms with Crippen LogP contribution in [0.5, 0.6) is 0 Å². The third kappa shape index (κ3) is 3.47. The van der Waals surface area contributed by atoms with E-state index in [9.17, 15) is 18.0 Å². The second-order valence-corrected chi connectivity index (χ2v) is 4.89. The van der Waals surface area contributed by atoms with Crippen LogP contribution in [0.4, 0.5) is 13.2 Å². The summed E-state index contributed by atoms with van der Waals surface area (Å²) in [6, 6.07) is 6.91. The summed E-state index contributed by atoms with van der Waals surface area (Å²) < 4.78 is 37.7. The number of halogens is 3. The van der Waals surface area contributed by atoms with E-state index in [1.165, 1.54) is 4.57 Å². The van der Waals surface area contributed by atoms with Gasteiger partial charge in [0.1, 0.15) is 0 Å². The molecule has 0 saturated carbocycles. The second kappa shape index (κ2) is 5.78. The number of H-pyrrole nitrogens is 1. The molecule has 0 saturated heterocycles. The van der Waals surface area contributed by atoms with E-state index in [4.69, 9.17) is 12.2 Å². The Morgan fingerprint density at radius 3 is 2.60 bits per heavy atom. The predicted octanol–water partition coefficient (Wildman–Crippen LogP) is 3.79. The largest absolute Gasteiger partial charge is 0.389 e. The van der Waals surface area contributed by atoms with Gasteiger partial charge in [0.25, 0.3) is 5.56 Å². The molecule has 0 bridgehead atoms. The molecule has 1 N–H and O–H groups in total. The van der Waals surface area contributed by atoms with Crippen molar-refractivity contribution in [2.75, 3.05) is 0 Å². The number of nitrogens with one attached hydrogen (secondary N) is 1. The maximum absolute atomic E-state index is 12.2. The lowest BCUT2D eigenvalue weighted by molar-refractivity contribution is -0.135. The van der Waals surface area contributed by atoms with E-state index in [0.29, 0.717) is 10.9 Å². The number of unbranched alkanes of at least 4 members (excludes halogenated alkanes) is 1. The average molecular weight is 302 g/mol. The first-order chi connectivity index (χ1) is 9.38. The van der Waals surface area contributed by atoms with Crippen molar-refractivity contribution >= 4 is 23.1 Å². The Kier molecular flexibility index (Phi) is 4.27. The number of nitrogens with zero attached hydrogens (tertiary/aromatic N) is 1. The van der Waals surface area contributed by atoms with Crippen molar-refractivity contribution in [3.8, 4) is 0 Å². The van der Waals surface area contributed by atoms with Gasteiger partial charge in [-0.25, -0.2) is 0 Å². The Morgan fingerprint density at radius 2 is 1.90 bits per heavy atom. The number of para-hydroxylation sites is 1. The molecular formula is C13H13F3N2OS. The first-order valence-corrected chi connectivity index (χ1v) is 6.58. The summed E-state index contributed by atoms with van der Waals surface area (Å²) in [6.07, 6.45) is -4.75. The van der Waals surface area contributed by atoms with Crippen molar-refractivity contribution in [1.29, 1.82) is 0 Å². The minimum Gasteiger partial charge on any atom is -0.332 e. The summed E-state index contributed by atoms with van der Waals surface area (Å²) in [5.74, 6) is 0. The van der Waals surface area contributed by atoms with Crippen molar-refractivity contribution < 1.29 is 13.2 Å². The molecule has 0 amide bonds. The molecule has 0 unspecified atom stereocenters. The van der Waals surface area contributed by atoms with Crippen LogP contribution in [0.2, 0.25) is 0 Å². The van der Waals surface area contributed by atoms with E-state index < -0.39 is 12.6 Å². The molecule has 0 spiro atoms. The molecule has 0 radical (unpaired) electrons. The Bertz CT molecular complexity index is 718. The van der Waals surface area contributed by atoms with Crippen LogP contribution in [-0.4, -0.2) is 15.7 Å². The molecule has 0 aliphatic carbocycles. The van der Waals surface area contributed by atoms with Crippen LogP contribution in [-0.2, 0) is 6.54 Å². The van der Waals surface area contributed by atoms with Gasteiger partial charge in [-0.15, -0.1) is 0 Å². The number of aromatic nitrogens is 2. The lowest BCUT2D eigenvalue weighted by atomic mass is 10.2. The zero-order chi connectivity index (χ0) is 14.8. The van der Waals surface area contributed by atoms with Gasteiger partial charge in [-0.2, -0.15) is 13.2 Å². The van der Waals surface area contributed by atoms with E-state index in [0.717, 1.165) is 0 Å². The highest BCUT2D eigenvalue weighted by Crippen LogP contribution is 2.22. The SMILES string of the molecule is O=c1c2ccccc2[nH]c(=S)n1CCCCC(F)(F)F. The average Bonchev–Trinajstić information content (AvgIpc) is 2.36. The highest BCUT2D eigenvalue weighted by Gasteiger charge is 2.25. The monoisotopic (exact) mass is 302 g/mol. The van der Waals surface area contributed by atoms with Gasteiger partial charge in [0.2, 0.25) is 0 Å². The van der Waals surface area contributed by atoms with E-state index >= 15 is 0 Å². The quantitative estimate of drug-likeness (QED) is 0.689. The molecule has 0 fully saturated rings. The van der Waals surface area contributed by atoms with Crippen LogP contribution in [0.1, 0.15) is 19.3 Å². The van der Waals surface area contributed by atoms with Crippen LogP contribution in [0.3, 0.4) is 0 Å². The first kappa shape index (κ1) is 14.8. The number of rotatable bonds is 4. The fourth-order valence-corrected chi connectivity index (χ4v) is 2.28. The smallest absolute Gasteiger partial charge is 0.332 e. The molecule has 3 nitrogen and oxygen atoms in total. The van der Waals surface area contributed by atoms with Gasteiger partial charge in [0.05, 0.1) is 10.9 Å². The Morgan fingerprint density at radius 1 is 1.20 bits per heavy atom. The summed E-state index contributed by atoms with van der Waals surface area (Å²) in [6.45, 7) is 0.190. The van der Waals surface area contributed by atoms with Crippen molar-refractivity contribution in [1.82, 2.24) is 9.55 Å². The lowest BCUT2D eigenvalue weighted by Gasteiger charge is -2.09. The maximum atomic E-state index is 12.2. The summed E-state index contributed by atoms with van der Waals surface area (Å²) >= 11 is 5.08. The van der Waals surface area contributed by atoms with Crippen molar-refractivity contribution in [3.05, 3.63) is 39.4 Å². The second-order valence-electron chi connectivity index (χ2n) is 4.50. The van der Waals surface area contributed by atoms with Gasteiger partial charge >= 0.3 is 6.18 Å². The minimum atomic E-state index is -4.16. The molecule has 108 valence electrons. The standard InChI is InChI=1S/C13H13F3N2OS/c14-13(15,16)7-3-4-8-18-11(19)9-5-1-2-6-10(9)17-12(18)20/h1-2,5-6H,3-4,7-8H2,(H,17,20). The van der Waals surface area contributed by atoms with Crippen LogP contribution < -0.4 is 5.56 Å². The Balaban J connectivity index is 2.18. The van der Waals surface area contributed by atoms with Crippen LogP contribution >= 0.6 is 12.2 Å². The normalized spacial score (nSPS) is 11.9. The predicted molar refractivity (Wildman–Crippen MR) is 73.3 cm³/mol. The van der Waals surface area contributed by atoms with Crippen molar-refractivity contribution in [2.24, 2.45) is 0 Å². The zero-order valence-corrected chi connectivity index (χ0v) is 11.4. The van der Waals surface area contributed by atoms with Crippen LogP contribution in [0.15, 0.2) is 29.1 Å². The van der Waals surface area contributed by atoms with Gasteiger partial charge in [-0.1, -0.05) is 12.1 Å². The third-order valence-corrected chi connectivity index (χ3v) is 3.30. The van der Waals surface area contributed by atoms with Gasteiger partial charge in [-0.3, -0.25) is 9.36 Å². The molecule has 7 heteroatoms. The lowest BCUT2D eigenvalue weighted by Crippen LogP contribution is -2.22. The summed E-state index contributed by atoms with van der Waals surface area (Å²) in [5.41, 5.74) is 0.366. The van der Waals surface area contributed by atoms with Gasteiger partial charge in [0, 0.05) is 13.0 Å². The third-order valence-electron chi connectivity index (χ3n) is 2.98. The van der Waals surface area contributed by atoms with Gasteiger partial charge in [0.15, 0.2) is 4.77 Å². The fraction of sp³-hybridized carbons (Fsp3) is 0.385. The van der Waals surface area contributed by atoms with E-state index in [2.05, 4.69) is 4.98 Å². The molecule has 20 heavy (non-hydrogen) atoms. The number of aromatic amines is 1. The molecule has 1 aromatic carbocycles. The van der Waals surface area contributed by atoms with Gasteiger partial charge < -0.3 is 4.98 Å². The number of fused-ring (bicyclic) bond motifs is 1. The fourth-order valence-electron chi connectivity index (χ4n) is 2.00. The maximum Gasteiger partial charge on any atom is 0.389 e. The first-order valence-electron chi connectivity index (χ1n) is 6.17. The number of alkyl halides is 3. The minimum absolute atomic E-state index is 0.0163. The molecule has 0 aliphatic rings. The Hall–Kier alpha value is -1.63. The molecule has 1 aromatic heterocycles. The molecule has 2 rings (SSSR count). The summed E-state index contributed by atoms with van der Waals surface area (Å²) in [5, 5.41) is 0.483. The zero-order valence-electron chi connectivity index (χ0n) is 10.5. The van der Waals surface area contributed by atoms with Crippen molar-refractivity contribution in [2.45, 2.75) is 32.0 Å². The summed E-state index contributed by atoms with van der Waals surface area (Å²) in [4.78, 5) is 15.1. The van der Waals surface area contributed by atoms with Gasteiger partial charge in [-0.05, 0) is 37.2 Å². The number of hydrogen-bond donors (Lipinski definition) is 1. The van der Waals surface area contributed by atoms with E-state index in [-0.39, 0.29) is 29.7 Å². The van der Waals surface area contributed by atoms with Crippen LogP contribution in [0.25, 0.3) is 10.9 Å². The highest BCUT2D eigenvalue weighted by atomic mass is 32.1. The topological polar surface area (TPSA) is 37.8 Å². The van der Waals surface area contributed by atoms with Crippen molar-refractivity contribution in [3.63, 3.8) is 0 Å². The Labute approximate surface area is 118 Å². The van der Waals surface area contributed by atoms with E-state index in [1.54, 1.807) is 24.3 Å². The number of benzene rings is 1. The summed E-state index contributed by atoms with van der Waals surface area (Å²) in [7, 11) is 0. The highest BCUT2D eigenvalue weighted by molar-refractivity contribution is 7.71. The van der Waals surface area contributed by atoms with E-state index in [1.807, 2.05) is 0 Å². The molecule has 0 atom stereocenters. The number of hydrogen-bond acceptors (Lipinski definition) is 2. The molecule has 1 heterocycles. The molecule has 2 aromatic rings. The molecular weight excluding hydrogens is 289 g/mol. The van der Waals surface area contributed by atoms with Crippen LogP contribution in [0, 0.1) is 4.77 Å². The molecule has 0 aliphatic heterocycles.